The number of amides is 1. The van der Waals surface area contributed by atoms with Gasteiger partial charge in [0.1, 0.15) is 11.7 Å². The molecule has 0 saturated carbocycles. The van der Waals surface area contributed by atoms with Crippen LogP contribution >= 0.6 is 0 Å². The van der Waals surface area contributed by atoms with Crippen molar-refractivity contribution in [1.29, 1.82) is 0 Å². The maximum atomic E-state index is 12.2. The SMILES string of the molecule is CC(C)(C)OC(=O)N1CCC(Oc2ccc(C3=NCC(=O)C(C)(C)C3)cn2)CC1. The molecule has 2 aliphatic rings. The first kappa shape index (κ1) is 21.3. The van der Waals surface area contributed by atoms with Crippen molar-refractivity contribution in [3.8, 4) is 5.88 Å². The van der Waals surface area contributed by atoms with E-state index in [9.17, 15) is 9.59 Å². The van der Waals surface area contributed by atoms with Gasteiger partial charge in [0.05, 0.1) is 6.54 Å². The number of aliphatic imine (C=N–C) groups is 1. The summed E-state index contributed by atoms with van der Waals surface area (Å²) >= 11 is 0. The lowest BCUT2D eigenvalue weighted by atomic mass is 9.79. The first-order valence-corrected chi connectivity index (χ1v) is 10.2. The lowest BCUT2D eigenvalue weighted by Gasteiger charge is -2.33. The summed E-state index contributed by atoms with van der Waals surface area (Å²) in [5.41, 5.74) is 0.979. The predicted octanol–water partition coefficient (Wildman–Crippen LogP) is 3.65. The van der Waals surface area contributed by atoms with E-state index in [0.717, 1.165) is 24.1 Å². The summed E-state index contributed by atoms with van der Waals surface area (Å²) in [6.07, 6.45) is 3.62. The van der Waals surface area contributed by atoms with Crippen molar-refractivity contribution in [3.05, 3.63) is 23.9 Å². The molecule has 0 aliphatic carbocycles. The molecule has 7 nitrogen and oxygen atoms in total. The fourth-order valence-corrected chi connectivity index (χ4v) is 3.42. The van der Waals surface area contributed by atoms with E-state index in [4.69, 9.17) is 9.47 Å². The fourth-order valence-electron chi connectivity index (χ4n) is 3.42. The Morgan fingerprint density at radius 2 is 1.90 bits per heavy atom. The molecule has 0 aromatic carbocycles. The van der Waals surface area contributed by atoms with Crippen LogP contribution < -0.4 is 4.74 Å². The van der Waals surface area contributed by atoms with Gasteiger partial charge in [-0.2, -0.15) is 0 Å². The van der Waals surface area contributed by atoms with Gasteiger partial charge in [0.2, 0.25) is 5.88 Å². The second-order valence-corrected chi connectivity index (χ2v) is 9.42. The highest BCUT2D eigenvalue weighted by atomic mass is 16.6. The summed E-state index contributed by atoms with van der Waals surface area (Å²) in [5.74, 6) is 0.739. The summed E-state index contributed by atoms with van der Waals surface area (Å²) < 4.78 is 11.4. The molecule has 0 radical (unpaired) electrons. The molecule has 1 amide bonds. The fraction of sp³-hybridized carbons (Fsp3) is 0.636. The van der Waals surface area contributed by atoms with Crippen LogP contribution in [-0.4, -0.2) is 58.8 Å². The van der Waals surface area contributed by atoms with Gasteiger partial charge in [0.25, 0.3) is 0 Å². The monoisotopic (exact) mass is 401 g/mol. The predicted molar refractivity (Wildman–Crippen MR) is 111 cm³/mol. The van der Waals surface area contributed by atoms with Gasteiger partial charge in [-0.1, -0.05) is 13.8 Å². The van der Waals surface area contributed by atoms with Crippen molar-refractivity contribution in [2.45, 2.75) is 65.6 Å². The molecule has 1 saturated heterocycles. The van der Waals surface area contributed by atoms with Gasteiger partial charge in [0.15, 0.2) is 5.78 Å². The Morgan fingerprint density at radius 1 is 1.21 bits per heavy atom. The first-order valence-electron chi connectivity index (χ1n) is 10.2. The molecule has 3 heterocycles. The molecule has 0 unspecified atom stereocenters. The number of carbonyl (C=O) groups is 2. The zero-order valence-corrected chi connectivity index (χ0v) is 18.0. The molecule has 158 valence electrons. The highest BCUT2D eigenvalue weighted by molar-refractivity contribution is 6.07. The lowest BCUT2D eigenvalue weighted by molar-refractivity contribution is -0.125. The van der Waals surface area contributed by atoms with Gasteiger partial charge in [-0.15, -0.1) is 0 Å². The summed E-state index contributed by atoms with van der Waals surface area (Å²) in [6.45, 7) is 11.0. The average molecular weight is 402 g/mol. The minimum absolute atomic E-state index is 0.0237. The van der Waals surface area contributed by atoms with Crippen LogP contribution in [0, 0.1) is 5.41 Å². The number of piperidine rings is 1. The van der Waals surface area contributed by atoms with E-state index in [1.165, 1.54) is 0 Å². The van der Waals surface area contributed by atoms with Crippen LogP contribution in [0.4, 0.5) is 4.79 Å². The smallest absolute Gasteiger partial charge is 0.410 e. The first-order chi connectivity index (χ1) is 13.5. The number of hydrogen-bond acceptors (Lipinski definition) is 6. The van der Waals surface area contributed by atoms with Gasteiger partial charge >= 0.3 is 6.09 Å². The maximum Gasteiger partial charge on any atom is 0.410 e. The summed E-state index contributed by atoms with van der Waals surface area (Å²) in [5, 5.41) is 0. The number of ether oxygens (including phenoxy) is 2. The third-order valence-electron chi connectivity index (χ3n) is 5.23. The minimum Gasteiger partial charge on any atom is -0.474 e. The molecule has 7 heteroatoms. The number of nitrogens with zero attached hydrogens (tertiary/aromatic N) is 3. The molecule has 29 heavy (non-hydrogen) atoms. The van der Waals surface area contributed by atoms with Crippen LogP contribution in [0.15, 0.2) is 23.3 Å². The standard InChI is InChI=1S/C22H31N3O4/c1-21(2,3)29-20(27)25-10-8-16(9-11-25)28-19-7-6-15(13-24-19)17-12-22(4,5)18(26)14-23-17/h6-7,13,16H,8-12,14H2,1-5H3. The van der Waals surface area contributed by atoms with Crippen molar-refractivity contribution in [1.82, 2.24) is 9.88 Å². The molecule has 1 fully saturated rings. The van der Waals surface area contributed by atoms with E-state index in [1.54, 1.807) is 11.1 Å². The zero-order chi connectivity index (χ0) is 21.2. The summed E-state index contributed by atoms with van der Waals surface area (Å²) in [7, 11) is 0. The number of hydrogen-bond donors (Lipinski definition) is 0. The number of likely N-dealkylation sites (tertiary alicyclic amines) is 1. The van der Waals surface area contributed by atoms with Crippen LogP contribution in [-0.2, 0) is 9.53 Å². The van der Waals surface area contributed by atoms with Crippen molar-refractivity contribution >= 4 is 17.6 Å². The molecule has 0 N–H and O–H groups in total. The van der Waals surface area contributed by atoms with E-state index in [0.29, 0.717) is 25.4 Å². The van der Waals surface area contributed by atoms with Crippen molar-refractivity contribution in [3.63, 3.8) is 0 Å². The number of ketones is 1. The highest BCUT2D eigenvalue weighted by Crippen LogP contribution is 2.28. The van der Waals surface area contributed by atoms with Crippen LogP contribution in [0.5, 0.6) is 5.88 Å². The Morgan fingerprint density at radius 3 is 2.45 bits per heavy atom. The molecule has 3 rings (SSSR count). The number of rotatable bonds is 3. The number of pyridine rings is 1. The van der Waals surface area contributed by atoms with Crippen LogP contribution in [0.1, 0.15) is 59.4 Å². The van der Waals surface area contributed by atoms with Gasteiger partial charge < -0.3 is 14.4 Å². The summed E-state index contributed by atoms with van der Waals surface area (Å²) in [4.78, 5) is 34.6. The van der Waals surface area contributed by atoms with Gasteiger partial charge in [-0.3, -0.25) is 9.79 Å². The third kappa shape index (κ3) is 5.55. The number of Topliss-reactive ketones (excluding diaryl/α,β-unsaturated/α-hetero) is 1. The van der Waals surface area contributed by atoms with Gasteiger partial charge in [-0.25, -0.2) is 9.78 Å². The Labute approximate surface area is 172 Å². The normalized spacial score (nSPS) is 20.2. The third-order valence-corrected chi connectivity index (χ3v) is 5.23. The van der Waals surface area contributed by atoms with Gasteiger partial charge in [0, 0.05) is 61.3 Å². The number of carbonyl (C=O) groups excluding carboxylic acids is 2. The van der Waals surface area contributed by atoms with E-state index in [2.05, 4.69) is 9.98 Å². The molecule has 0 bridgehead atoms. The van der Waals surface area contributed by atoms with E-state index in [1.807, 2.05) is 46.8 Å². The molecule has 1 aromatic heterocycles. The van der Waals surface area contributed by atoms with Crippen LogP contribution in [0.3, 0.4) is 0 Å². The maximum absolute atomic E-state index is 12.2. The highest BCUT2D eigenvalue weighted by Gasteiger charge is 2.33. The van der Waals surface area contributed by atoms with Crippen LogP contribution in [0.25, 0.3) is 0 Å². The topological polar surface area (TPSA) is 81.1 Å². The second kappa shape index (κ2) is 8.13. The Balaban J connectivity index is 1.52. The molecule has 0 spiro atoms. The Bertz CT molecular complexity index is 785. The largest absolute Gasteiger partial charge is 0.474 e. The van der Waals surface area contributed by atoms with Crippen molar-refractivity contribution in [2.75, 3.05) is 19.6 Å². The van der Waals surface area contributed by atoms with Crippen LogP contribution in [0.2, 0.25) is 0 Å². The molecular formula is C22H31N3O4. The van der Waals surface area contributed by atoms with Crippen molar-refractivity contribution < 1.29 is 19.1 Å². The second-order valence-electron chi connectivity index (χ2n) is 9.42. The lowest BCUT2D eigenvalue weighted by Crippen LogP contribution is -2.44. The quantitative estimate of drug-likeness (QED) is 0.772. The van der Waals surface area contributed by atoms with E-state index < -0.39 is 5.60 Å². The van der Waals surface area contributed by atoms with E-state index in [-0.39, 0.29) is 29.9 Å². The molecule has 1 aromatic rings. The minimum atomic E-state index is -0.485. The Kier molecular flexibility index (Phi) is 5.96. The molecule has 2 aliphatic heterocycles. The number of aromatic nitrogens is 1. The molecule has 0 atom stereocenters. The molecular weight excluding hydrogens is 370 g/mol. The van der Waals surface area contributed by atoms with E-state index >= 15 is 0 Å². The average Bonchev–Trinajstić information content (AvgIpc) is 2.64. The summed E-state index contributed by atoms with van der Waals surface area (Å²) in [6, 6.07) is 3.80. The van der Waals surface area contributed by atoms with Crippen molar-refractivity contribution in [2.24, 2.45) is 10.4 Å². The Hall–Kier alpha value is -2.44. The zero-order valence-electron chi connectivity index (χ0n) is 18.0. The van der Waals surface area contributed by atoms with Gasteiger partial charge in [-0.05, 0) is 26.8 Å².